The van der Waals surface area contributed by atoms with Gasteiger partial charge in [-0.3, -0.25) is 0 Å². The van der Waals surface area contributed by atoms with Gasteiger partial charge in [0.05, 0.1) is 25.4 Å². The van der Waals surface area contributed by atoms with E-state index in [1.54, 1.807) is 14.0 Å². The minimum Gasteiger partial charge on any atom is -0.391 e. The monoisotopic (exact) mass is 206 g/mol. The third-order valence-corrected chi connectivity index (χ3v) is 1.92. The smallest absolute Gasteiger partial charge is 0.0803 e. The van der Waals surface area contributed by atoms with Crippen LogP contribution in [0.1, 0.15) is 20.3 Å². The van der Waals surface area contributed by atoms with E-state index in [1.165, 1.54) is 0 Å². The Morgan fingerprint density at radius 1 is 1.07 bits per heavy atom. The lowest BCUT2D eigenvalue weighted by Gasteiger charge is -2.15. The van der Waals surface area contributed by atoms with Gasteiger partial charge in [-0.15, -0.1) is 0 Å². The van der Waals surface area contributed by atoms with Crippen LogP contribution >= 0.6 is 0 Å². The molecule has 0 saturated heterocycles. The normalized spacial score (nSPS) is 15.4. The molecule has 0 aliphatic rings. The van der Waals surface area contributed by atoms with Crippen LogP contribution in [0.15, 0.2) is 0 Å². The molecule has 14 heavy (non-hydrogen) atoms. The minimum absolute atomic E-state index is 0.103. The summed E-state index contributed by atoms with van der Waals surface area (Å²) >= 11 is 0. The van der Waals surface area contributed by atoms with E-state index in [1.807, 2.05) is 6.92 Å². The molecule has 4 nitrogen and oxygen atoms in total. The summed E-state index contributed by atoms with van der Waals surface area (Å²) in [6, 6.07) is 0. The molecule has 4 heteroatoms. The fourth-order valence-electron chi connectivity index (χ4n) is 0.814. The summed E-state index contributed by atoms with van der Waals surface area (Å²) < 4.78 is 15.4. The highest BCUT2D eigenvalue weighted by Gasteiger charge is 2.07. The number of hydrogen-bond acceptors (Lipinski definition) is 4. The second-order valence-electron chi connectivity index (χ2n) is 3.28. The molecule has 0 rings (SSSR count). The number of hydrogen-bond donors (Lipinski definition) is 1. The second-order valence-corrected chi connectivity index (χ2v) is 3.28. The van der Waals surface area contributed by atoms with Gasteiger partial charge in [0.2, 0.25) is 0 Å². The summed E-state index contributed by atoms with van der Waals surface area (Å²) in [5.41, 5.74) is 0. The summed E-state index contributed by atoms with van der Waals surface area (Å²) in [4.78, 5) is 0. The van der Waals surface area contributed by atoms with Gasteiger partial charge in [-0.1, -0.05) is 0 Å². The third-order valence-electron chi connectivity index (χ3n) is 1.92. The van der Waals surface area contributed by atoms with Crippen LogP contribution in [-0.4, -0.2) is 50.9 Å². The quantitative estimate of drug-likeness (QED) is 0.568. The number of methoxy groups -OCH3 is 1. The van der Waals surface area contributed by atoms with E-state index >= 15 is 0 Å². The van der Waals surface area contributed by atoms with Crippen molar-refractivity contribution in [1.82, 2.24) is 0 Å². The summed E-state index contributed by atoms with van der Waals surface area (Å²) in [6.07, 6.45) is 0.333. The topological polar surface area (TPSA) is 47.9 Å². The van der Waals surface area contributed by atoms with Crippen LogP contribution in [0.3, 0.4) is 0 Å². The lowest BCUT2D eigenvalue weighted by Crippen LogP contribution is -2.23. The summed E-state index contributed by atoms with van der Waals surface area (Å²) in [5.74, 6) is 0. The Balaban J connectivity index is 3.06. The van der Waals surface area contributed by atoms with Crippen molar-refractivity contribution < 1.29 is 19.3 Å². The molecular weight excluding hydrogens is 184 g/mol. The Morgan fingerprint density at radius 3 is 2.36 bits per heavy atom. The van der Waals surface area contributed by atoms with Gasteiger partial charge in [-0.25, -0.2) is 0 Å². The molecule has 0 aromatic rings. The maximum absolute atomic E-state index is 9.12. The molecule has 86 valence electrons. The molecule has 0 heterocycles. The molecule has 0 radical (unpaired) electrons. The molecule has 2 atom stereocenters. The molecular formula is C10H22O4. The fraction of sp³-hybridized carbons (Fsp3) is 1.00. The Kier molecular flexibility index (Phi) is 9.29. The van der Waals surface area contributed by atoms with Crippen LogP contribution in [-0.2, 0) is 14.2 Å². The standard InChI is InChI=1S/C10H22O4/c1-9(11)10(2)14-6-4-5-13-8-7-12-3/h9-11H,4-8H2,1-3H3. The van der Waals surface area contributed by atoms with Crippen LogP contribution in [0.25, 0.3) is 0 Å². The average Bonchev–Trinajstić information content (AvgIpc) is 2.16. The Morgan fingerprint density at radius 2 is 1.79 bits per heavy atom. The van der Waals surface area contributed by atoms with Crippen molar-refractivity contribution in [1.29, 1.82) is 0 Å². The van der Waals surface area contributed by atoms with Gasteiger partial charge >= 0.3 is 0 Å². The second kappa shape index (κ2) is 9.40. The summed E-state index contributed by atoms with van der Waals surface area (Å²) in [5, 5.41) is 9.12. The van der Waals surface area contributed by atoms with Crippen molar-refractivity contribution in [2.75, 3.05) is 33.5 Å². The molecule has 0 aromatic heterocycles. The van der Waals surface area contributed by atoms with Gasteiger partial charge in [0, 0.05) is 20.3 Å². The van der Waals surface area contributed by atoms with Crippen LogP contribution in [0.5, 0.6) is 0 Å². The van der Waals surface area contributed by atoms with E-state index in [9.17, 15) is 0 Å². The zero-order valence-corrected chi connectivity index (χ0v) is 9.36. The van der Waals surface area contributed by atoms with Crippen molar-refractivity contribution >= 4 is 0 Å². The molecule has 0 aromatic carbocycles. The molecule has 0 fully saturated rings. The van der Waals surface area contributed by atoms with Gasteiger partial charge in [0.25, 0.3) is 0 Å². The highest BCUT2D eigenvalue weighted by molar-refractivity contribution is 4.56. The lowest BCUT2D eigenvalue weighted by molar-refractivity contribution is -0.0269. The van der Waals surface area contributed by atoms with Gasteiger partial charge in [0.15, 0.2) is 0 Å². The van der Waals surface area contributed by atoms with E-state index < -0.39 is 6.10 Å². The van der Waals surface area contributed by atoms with E-state index in [0.29, 0.717) is 26.4 Å². The van der Waals surface area contributed by atoms with Gasteiger partial charge in [0.1, 0.15) is 0 Å². The van der Waals surface area contributed by atoms with Gasteiger partial charge < -0.3 is 19.3 Å². The third kappa shape index (κ3) is 8.44. The van der Waals surface area contributed by atoms with Crippen molar-refractivity contribution in [3.05, 3.63) is 0 Å². The minimum atomic E-state index is -0.413. The molecule has 2 unspecified atom stereocenters. The SMILES string of the molecule is COCCOCCCOC(C)C(C)O. The predicted molar refractivity (Wildman–Crippen MR) is 54.4 cm³/mol. The zero-order chi connectivity index (χ0) is 10.8. The number of aliphatic hydroxyl groups is 1. The first-order valence-electron chi connectivity index (χ1n) is 5.04. The van der Waals surface area contributed by atoms with E-state index in [4.69, 9.17) is 19.3 Å². The van der Waals surface area contributed by atoms with E-state index in [0.717, 1.165) is 6.42 Å². The molecule has 0 bridgehead atoms. The highest BCUT2D eigenvalue weighted by Crippen LogP contribution is 1.98. The Labute approximate surface area is 86.2 Å². The first-order chi connectivity index (χ1) is 6.68. The predicted octanol–water partition coefficient (Wildman–Crippen LogP) is 0.825. The van der Waals surface area contributed by atoms with Crippen LogP contribution in [0, 0.1) is 0 Å². The van der Waals surface area contributed by atoms with Crippen molar-refractivity contribution in [3.8, 4) is 0 Å². The molecule has 1 N–H and O–H groups in total. The average molecular weight is 206 g/mol. The largest absolute Gasteiger partial charge is 0.391 e. The summed E-state index contributed by atoms with van der Waals surface area (Å²) in [6.45, 7) is 6.14. The van der Waals surface area contributed by atoms with Crippen molar-refractivity contribution in [2.24, 2.45) is 0 Å². The maximum Gasteiger partial charge on any atom is 0.0803 e. The number of aliphatic hydroxyl groups excluding tert-OH is 1. The summed E-state index contributed by atoms with van der Waals surface area (Å²) in [7, 11) is 1.65. The van der Waals surface area contributed by atoms with Crippen LogP contribution in [0.4, 0.5) is 0 Å². The Hall–Kier alpha value is -0.160. The van der Waals surface area contributed by atoms with E-state index in [-0.39, 0.29) is 6.10 Å². The maximum atomic E-state index is 9.12. The fourth-order valence-corrected chi connectivity index (χ4v) is 0.814. The molecule has 0 aliphatic carbocycles. The molecule has 0 amide bonds. The van der Waals surface area contributed by atoms with Crippen LogP contribution in [0.2, 0.25) is 0 Å². The number of rotatable bonds is 9. The Bertz CT molecular complexity index is 117. The molecule has 0 aliphatic heterocycles. The first-order valence-corrected chi connectivity index (χ1v) is 5.04. The zero-order valence-electron chi connectivity index (χ0n) is 9.36. The van der Waals surface area contributed by atoms with Gasteiger partial charge in [-0.2, -0.15) is 0 Å². The molecule has 0 spiro atoms. The van der Waals surface area contributed by atoms with Crippen LogP contribution < -0.4 is 0 Å². The lowest BCUT2D eigenvalue weighted by atomic mass is 10.2. The highest BCUT2D eigenvalue weighted by atomic mass is 16.5. The van der Waals surface area contributed by atoms with Crippen molar-refractivity contribution in [3.63, 3.8) is 0 Å². The van der Waals surface area contributed by atoms with Gasteiger partial charge in [-0.05, 0) is 20.3 Å². The first kappa shape index (κ1) is 13.8. The number of ether oxygens (including phenoxy) is 3. The van der Waals surface area contributed by atoms with Crippen molar-refractivity contribution in [2.45, 2.75) is 32.5 Å². The molecule has 0 saturated carbocycles. The van der Waals surface area contributed by atoms with E-state index in [2.05, 4.69) is 0 Å².